The van der Waals surface area contributed by atoms with Gasteiger partial charge < -0.3 is 4.98 Å². The fraction of sp³-hybridized carbons (Fsp3) is 0.545. The molecule has 0 atom stereocenters. The van der Waals surface area contributed by atoms with Gasteiger partial charge in [-0.25, -0.2) is 0 Å². The zero-order valence-corrected chi connectivity index (χ0v) is 10.2. The lowest BCUT2D eigenvalue weighted by atomic mass is 10.2. The van der Waals surface area contributed by atoms with Gasteiger partial charge in [-0.05, 0) is 13.0 Å². The van der Waals surface area contributed by atoms with E-state index in [9.17, 15) is 18.0 Å². The minimum absolute atomic E-state index is 0.0600. The van der Waals surface area contributed by atoms with Crippen LogP contribution in [0.2, 0.25) is 0 Å². The second-order valence-electron chi connectivity index (χ2n) is 2.40. The third-order valence-electron chi connectivity index (χ3n) is 1.42. The van der Waals surface area contributed by atoms with Crippen molar-refractivity contribution in [1.82, 2.24) is 4.98 Å². The van der Waals surface area contributed by atoms with Gasteiger partial charge in [-0.2, -0.15) is 13.2 Å². The Morgan fingerprint density at radius 1 is 1.12 bits per heavy atom. The average molecular weight is 237 g/mol. The van der Waals surface area contributed by atoms with E-state index < -0.39 is 17.3 Å². The average Bonchev–Trinajstić information content (AvgIpc) is 2.26. The molecule has 0 aromatic carbocycles. The van der Waals surface area contributed by atoms with Crippen LogP contribution >= 0.6 is 0 Å². The van der Waals surface area contributed by atoms with Crippen LogP contribution in [0.1, 0.15) is 38.8 Å². The van der Waals surface area contributed by atoms with E-state index in [2.05, 4.69) is 0 Å². The molecule has 0 amide bonds. The Bertz CT molecular complexity index is 342. The van der Waals surface area contributed by atoms with Crippen molar-refractivity contribution in [3.8, 4) is 0 Å². The molecule has 0 bridgehead atoms. The van der Waals surface area contributed by atoms with Gasteiger partial charge in [0.1, 0.15) is 0 Å². The molecule has 16 heavy (non-hydrogen) atoms. The number of pyridine rings is 1. The first-order valence-corrected chi connectivity index (χ1v) is 5.18. The minimum atomic E-state index is -4.39. The van der Waals surface area contributed by atoms with Gasteiger partial charge in [-0.15, -0.1) is 0 Å². The molecule has 94 valence electrons. The topological polar surface area (TPSA) is 32.9 Å². The number of nitrogens with one attached hydrogen (secondary N) is 1. The summed E-state index contributed by atoms with van der Waals surface area (Å²) >= 11 is 0. The predicted molar refractivity (Wildman–Crippen MR) is 59.5 cm³/mol. The first-order valence-electron chi connectivity index (χ1n) is 5.18. The normalized spacial score (nSPS) is 9.50. The van der Waals surface area contributed by atoms with Gasteiger partial charge in [0, 0.05) is 11.8 Å². The number of alkyl halides is 3. The van der Waals surface area contributed by atoms with E-state index in [0.717, 1.165) is 6.07 Å². The lowest BCUT2D eigenvalue weighted by Gasteiger charge is -2.05. The Labute approximate surface area is 93.5 Å². The molecule has 0 aliphatic rings. The molecule has 1 heterocycles. The SMILES string of the molecule is CC.CC.Cc1cc(C(F)(F)F)c[nH]c1=O. The maximum atomic E-state index is 12.0. The van der Waals surface area contributed by atoms with Crippen LogP contribution in [0, 0.1) is 6.92 Å². The van der Waals surface area contributed by atoms with E-state index >= 15 is 0 Å². The number of hydrogen-bond donors (Lipinski definition) is 1. The molecular formula is C11H18F3NO. The van der Waals surface area contributed by atoms with E-state index in [1.54, 1.807) is 0 Å². The lowest BCUT2D eigenvalue weighted by Crippen LogP contribution is -2.13. The van der Waals surface area contributed by atoms with Crippen molar-refractivity contribution >= 4 is 0 Å². The van der Waals surface area contributed by atoms with Gasteiger partial charge in [-0.1, -0.05) is 27.7 Å². The third kappa shape index (κ3) is 5.58. The van der Waals surface area contributed by atoms with Crippen molar-refractivity contribution in [3.05, 3.63) is 33.7 Å². The molecule has 0 aliphatic heterocycles. The van der Waals surface area contributed by atoms with Crippen molar-refractivity contribution in [3.63, 3.8) is 0 Å². The number of aromatic amines is 1. The molecule has 0 saturated heterocycles. The second-order valence-corrected chi connectivity index (χ2v) is 2.40. The highest BCUT2D eigenvalue weighted by atomic mass is 19.4. The van der Waals surface area contributed by atoms with Crippen LogP contribution in [-0.2, 0) is 6.18 Å². The quantitative estimate of drug-likeness (QED) is 0.732. The molecular weight excluding hydrogens is 219 g/mol. The van der Waals surface area contributed by atoms with E-state index in [0.29, 0.717) is 6.20 Å². The molecule has 2 nitrogen and oxygen atoms in total. The molecule has 0 radical (unpaired) electrons. The highest BCUT2D eigenvalue weighted by Crippen LogP contribution is 2.28. The number of rotatable bonds is 0. The number of aromatic nitrogens is 1. The van der Waals surface area contributed by atoms with E-state index in [-0.39, 0.29) is 5.56 Å². The Kier molecular flexibility index (Phi) is 8.53. The largest absolute Gasteiger partial charge is 0.417 e. The molecule has 0 aliphatic carbocycles. The van der Waals surface area contributed by atoms with Crippen molar-refractivity contribution < 1.29 is 13.2 Å². The van der Waals surface area contributed by atoms with E-state index in [4.69, 9.17) is 0 Å². The standard InChI is InChI=1S/C7H6F3NO.2C2H6/c1-4-2-5(7(8,9)10)3-11-6(4)12;2*1-2/h2-3H,1H3,(H,11,12);2*1-2H3. The summed E-state index contributed by atoms with van der Waals surface area (Å²) in [6.07, 6.45) is -3.73. The molecule has 0 fully saturated rings. The van der Waals surface area contributed by atoms with Gasteiger partial charge >= 0.3 is 6.18 Å². The molecule has 0 unspecified atom stereocenters. The van der Waals surface area contributed by atoms with Crippen molar-refractivity contribution in [1.29, 1.82) is 0 Å². The fourth-order valence-electron chi connectivity index (χ4n) is 0.761. The van der Waals surface area contributed by atoms with Crippen LogP contribution in [0.4, 0.5) is 13.2 Å². The summed E-state index contributed by atoms with van der Waals surface area (Å²) in [4.78, 5) is 12.7. The number of aryl methyl sites for hydroxylation is 1. The van der Waals surface area contributed by atoms with E-state index in [1.165, 1.54) is 6.92 Å². The number of H-pyrrole nitrogens is 1. The zero-order chi connectivity index (χ0) is 13.4. The Morgan fingerprint density at radius 2 is 1.56 bits per heavy atom. The van der Waals surface area contributed by atoms with Gasteiger partial charge in [0.15, 0.2) is 0 Å². The smallest absolute Gasteiger partial charge is 0.328 e. The van der Waals surface area contributed by atoms with Gasteiger partial charge in [0.2, 0.25) is 0 Å². The van der Waals surface area contributed by atoms with Crippen molar-refractivity contribution in [2.45, 2.75) is 40.8 Å². The fourth-order valence-corrected chi connectivity index (χ4v) is 0.761. The molecule has 1 N–H and O–H groups in total. The summed E-state index contributed by atoms with van der Waals surface area (Å²) < 4.78 is 35.9. The Hall–Kier alpha value is -1.26. The second kappa shape index (κ2) is 7.96. The Balaban J connectivity index is 0. The highest BCUT2D eigenvalue weighted by Gasteiger charge is 2.30. The van der Waals surface area contributed by atoms with Crippen molar-refractivity contribution in [2.24, 2.45) is 0 Å². The molecule has 0 spiro atoms. The predicted octanol–water partition coefficient (Wildman–Crippen LogP) is 3.75. The van der Waals surface area contributed by atoms with Crippen LogP contribution in [0.15, 0.2) is 17.1 Å². The van der Waals surface area contributed by atoms with Crippen LogP contribution in [-0.4, -0.2) is 4.98 Å². The molecule has 5 heteroatoms. The van der Waals surface area contributed by atoms with Crippen LogP contribution in [0.5, 0.6) is 0 Å². The number of hydrogen-bond acceptors (Lipinski definition) is 1. The zero-order valence-electron chi connectivity index (χ0n) is 10.2. The summed E-state index contributed by atoms with van der Waals surface area (Å²) in [5.74, 6) is 0. The Morgan fingerprint density at radius 3 is 1.88 bits per heavy atom. The summed E-state index contributed by atoms with van der Waals surface area (Å²) in [6, 6.07) is 0.818. The molecule has 1 rings (SSSR count). The summed E-state index contributed by atoms with van der Waals surface area (Å²) in [7, 11) is 0. The monoisotopic (exact) mass is 237 g/mol. The maximum absolute atomic E-state index is 12.0. The first kappa shape index (κ1) is 17.1. The minimum Gasteiger partial charge on any atom is -0.328 e. The molecule has 1 aromatic rings. The third-order valence-corrected chi connectivity index (χ3v) is 1.42. The van der Waals surface area contributed by atoms with Gasteiger partial charge in [0.05, 0.1) is 5.56 Å². The van der Waals surface area contributed by atoms with Gasteiger partial charge in [-0.3, -0.25) is 4.79 Å². The lowest BCUT2D eigenvalue weighted by molar-refractivity contribution is -0.137. The van der Waals surface area contributed by atoms with Crippen molar-refractivity contribution in [2.75, 3.05) is 0 Å². The molecule has 1 aromatic heterocycles. The van der Waals surface area contributed by atoms with Crippen LogP contribution in [0.25, 0.3) is 0 Å². The first-order chi connectivity index (χ1) is 7.41. The summed E-state index contributed by atoms with van der Waals surface area (Å²) in [6.45, 7) is 9.33. The van der Waals surface area contributed by atoms with Crippen LogP contribution in [0.3, 0.4) is 0 Å². The van der Waals surface area contributed by atoms with E-state index in [1.807, 2.05) is 32.7 Å². The summed E-state index contributed by atoms with van der Waals surface area (Å²) in [5.41, 5.74) is -1.27. The highest BCUT2D eigenvalue weighted by molar-refractivity contribution is 5.19. The maximum Gasteiger partial charge on any atom is 0.417 e. The number of halogens is 3. The summed E-state index contributed by atoms with van der Waals surface area (Å²) in [5, 5.41) is 0. The van der Waals surface area contributed by atoms with Crippen LogP contribution < -0.4 is 5.56 Å². The van der Waals surface area contributed by atoms with Gasteiger partial charge in [0.25, 0.3) is 5.56 Å². The molecule has 0 saturated carbocycles.